The van der Waals surface area contributed by atoms with Gasteiger partial charge in [0.05, 0.1) is 11.4 Å². The first kappa shape index (κ1) is 27.2. The lowest BCUT2D eigenvalue weighted by Crippen LogP contribution is -2.42. The highest BCUT2D eigenvalue weighted by Gasteiger charge is 2.20. The van der Waals surface area contributed by atoms with Gasteiger partial charge in [0.15, 0.2) is 5.78 Å². The summed E-state index contributed by atoms with van der Waals surface area (Å²) in [5, 5.41) is 4.05. The smallest absolute Gasteiger partial charge is 0.176 e. The minimum Gasteiger partial charge on any atom is -0.397 e. The van der Waals surface area contributed by atoms with Gasteiger partial charge < -0.3 is 20.9 Å². The number of ketones is 1. The van der Waals surface area contributed by atoms with Crippen molar-refractivity contribution in [3.8, 4) is 0 Å². The van der Waals surface area contributed by atoms with Crippen LogP contribution in [0.1, 0.15) is 55.2 Å². The first-order chi connectivity index (χ1) is 17.8. The third kappa shape index (κ3) is 7.37. The molecule has 0 saturated carbocycles. The van der Waals surface area contributed by atoms with Crippen LogP contribution in [0.2, 0.25) is 0 Å². The summed E-state index contributed by atoms with van der Waals surface area (Å²) in [6.07, 6.45) is 4.91. The summed E-state index contributed by atoms with van der Waals surface area (Å²) in [7, 11) is 0. The van der Waals surface area contributed by atoms with E-state index in [9.17, 15) is 9.18 Å². The zero-order valence-electron chi connectivity index (χ0n) is 21.9. The summed E-state index contributed by atoms with van der Waals surface area (Å²) in [6, 6.07) is 13.6. The highest BCUT2D eigenvalue weighted by molar-refractivity contribution is 7.97. The summed E-state index contributed by atoms with van der Waals surface area (Å²) in [4.78, 5) is 19.0. The molecule has 5 N–H and O–H groups in total. The molecule has 0 bridgehead atoms. The molecule has 4 rings (SSSR count). The van der Waals surface area contributed by atoms with E-state index in [4.69, 9.17) is 5.73 Å². The number of rotatable bonds is 11. The zero-order valence-corrected chi connectivity index (χ0v) is 22.8. The van der Waals surface area contributed by atoms with Crippen LogP contribution in [-0.2, 0) is 6.42 Å². The summed E-state index contributed by atoms with van der Waals surface area (Å²) in [5.74, 6) is 0.184. The maximum atomic E-state index is 13.9. The van der Waals surface area contributed by atoms with Gasteiger partial charge in [0, 0.05) is 66.7 Å². The number of carbonyl (C=O) groups is 1. The Hall–Kier alpha value is -2.81. The number of H-pyrrole nitrogens is 1. The number of aromatic amines is 1. The first-order valence-corrected chi connectivity index (χ1v) is 13.9. The monoisotopic (exact) mass is 523 g/mol. The van der Waals surface area contributed by atoms with Crippen LogP contribution in [0.5, 0.6) is 0 Å². The molecule has 2 aromatic carbocycles. The van der Waals surface area contributed by atoms with Crippen molar-refractivity contribution >= 4 is 34.3 Å². The molecule has 0 amide bonds. The number of benzene rings is 2. The SMILES string of the molecule is CC(=O)c1[nH]c2ccc(F)cc2c1/C(N)=C/NC1CCN(CCNSc2ccc(CC(C)C)cc2)CC1. The molecule has 1 aliphatic rings. The number of nitrogens with zero attached hydrogens (tertiary/aromatic N) is 1. The highest BCUT2D eigenvalue weighted by atomic mass is 32.2. The van der Waals surface area contributed by atoms with Gasteiger partial charge in [0.2, 0.25) is 0 Å². The first-order valence-electron chi connectivity index (χ1n) is 13.1. The lowest BCUT2D eigenvalue weighted by Gasteiger charge is -2.32. The molecule has 1 saturated heterocycles. The van der Waals surface area contributed by atoms with E-state index in [0.29, 0.717) is 39.8 Å². The molecule has 8 heteroatoms. The van der Waals surface area contributed by atoms with Crippen molar-refractivity contribution in [3.63, 3.8) is 0 Å². The average molecular weight is 524 g/mol. The molecule has 0 atom stereocenters. The summed E-state index contributed by atoms with van der Waals surface area (Å²) >= 11 is 1.69. The Morgan fingerprint density at radius 3 is 2.62 bits per heavy atom. The number of hydrogen-bond donors (Lipinski definition) is 4. The van der Waals surface area contributed by atoms with Crippen molar-refractivity contribution in [2.75, 3.05) is 26.2 Å². The van der Waals surface area contributed by atoms with E-state index in [1.807, 2.05) is 0 Å². The Labute approximate surface area is 223 Å². The van der Waals surface area contributed by atoms with Gasteiger partial charge >= 0.3 is 0 Å². The Bertz CT molecular complexity index is 1230. The molecule has 198 valence electrons. The van der Waals surface area contributed by atoms with Crippen LogP contribution < -0.4 is 15.8 Å². The van der Waals surface area contributed by atoms with Crippen LogP contribution in [-0.4, -0.2) is 47.9 Å². The third-order valence-electron chi connectivity index (χ3n) is 6.75. The van der Waals surface area contributed by atoms with Crippen LogP contribution in [0, 0.1) is 11.7 Å². The van der Waals surface area contributed by atoms with Crippen molar-refractivity contribution in [3.05, 3.63) is 71.3 Å². The molecular weight excluding hydrogens is 485 g/mol. The summed E-state index contributed by atoms with van der Waals surface area (Å²) < 4.78 is 17.4. The second-order valence-electron chi connectivity index (χ2n) is 10.2. The van der Waals surface area contributed by atoms with Crippen molar-refractivity contribution in [1.82, 2.24) is 19.9 Å². The quantitative estimate of drug-likeness (QED) is 0.155. The molecule has 1 aliphatic heterocycles. The lowest BCUT2D eigenvalue weighted by molar-refractivity contribution is 0.101. The third-order valence-corrected chi connectivity index (χ3v) is 7.61. The van der Waals surface area contributed by atoms with Crippen LogP contribution in [0.3, 0.4) is 0 Å². The Morgan fingerprint density at radius 1 is 1.22 bits per heavy atom. The Kier molecular flexibility index (Phi) is 9.29. The van der Waals surface area contributed by atoms with Gasteiger partial charge in [-0.1, -0.05) is 26.0 Å². The number of halogens is 1. The van der Waals surface area contributed by atoms with Gasteiger partial charge in [-0.05, 0) is 73.0 Å². The van der Waals surface area contributed by atoms with Crippen molar-refractivity contribution in [2.45, 2.75) is 51.0 Å². The van der Waals surface area contributed by atoms with Crippen LogP contribution in [0.4, 0.5) is 4.39 Å². The lowest BCUT2D eigenvalue weighted by atomic mass is 10.0. The number of fused-ring (bicyclic) bond motifs is 1. The highest BCUT2D eigenvalue weighted by Crippen LogP contribution is 2.28. The fourth-order valence-electron chi connectivity index (χ4n) is 4.83. The molecule has 0 radical (unpaired) electrons. The van der Waals surface area contributed by atoms with Gasteiger partial charge in [-0.25, -0.2) is 4.39 Å². The van der Waals surface area contributed by atoms with Crippen LogP contribution in [0.15, 0.2) is 53.6 Å². The van der Waals surface area contributed by atoms with Crippen molar-refractivity contribution < 1.29 is 9.18 Å². The number of Topliss-reactive ketones (excluding diaryl/α,β-unsaturated/α-hetero) is 1. The molecule has 0 unspecified atom stereocenters. The minimum atomic E-state index is -0.358. The molecule has 6 nitrogen and oxygen atoms in total. The van der Waals surface area contributed by atoms with Gasteiger partial charge in [-0.2, -0.15) is 0 Å². The van der Waals surface area contributed by atoms with Crippen LogP contribution in [0.25, 0.3) is 16.6 Å². The van der Waals surface area contributed by atoms with Crippen molar-refractivity contribution in [1.29, 1.82) is 0 Å². The number of nitrogens with one attached hydrogen (secondary N) is 3. The topological polar surface area (TPSA) is 86.2 Å². The van der Waals surface area contributed by atoms with Crippen LogP contribution >= 0.6 is 11.9 Å². The van der Waals surface area contributed by atoms with E-state index >= 15 is 0 Å². The Morgan fingerprint density at radius 2 is 1.95 bits per heavy atom. The number of likely N-dealkylation sites (tertiary alicyclic amines) is 1. The maximum Gasteiger partial charge on any atom is 0.176 e. The number of piperidine rings is 1. The summed E-state index contributed by atoms with van der Waals surface area (Å²) in [6.45, 7) is 9.93. The zero-order chi connectivity index (χ0) is 26.4. The molecule has 2 heterocycles. The average Bonchev–Trinajstić information content (AvgIpc) is 3.25. The number of carbonyl (C=O) groups excluding carboxylic acids is 1. The normalized spacial score (nSPS) is 15.5. The predicted octanol–water partition coefficient (Wildman–Crippen LogP) is 5.32. The molecule has 1 fully saturated rings. The van der Waals surface area contributed by atoms with E-state index < -0.39 is 0 Å². The summed E-state index contributed by atoms with van der Waals surface area (Å²) in [5.41, 5.74) is 9.87. The maximum absolute atomic E-state index is 13.9. The molecule has 1 aromatic heterocycles. The van der Waals surface area contributed by atoms with E-state index in [-0.39, 0.29) is 11.6 Å². The Balaban J connectivity index is 1.22. The van der Waals surface area contributed by atoms with Gasteiger partial charge in [0.1, 0.15) is 5.82 Å². The molecule has 37 heavy (non-hydrogen) atoms. The fraction of sp³-hybridized carbons (Fsp3) is 0.414. The largest absolute Gasteiger partial charge is 0.397 e. The van der Waals surface area contributed by atoms with Gasteiger partial charge in [-0.3, -0.25) is 9.52 Å². The second kappa shape index (κ2) is 12.6. The van der Waals surface area contributed by atoms with Crippen molar-refractivity contribution in [2.24, 2.45) is 11.7 Å². The minimum absolute atomic E-state index is 0.133. The van der Waals surface area contributed by atoms with E-state index in [1.165, 1.54) is 29.5 Å². The van der Waals surface area contributed by atoms with E-state index in [2.05, 4.69) is 58.0 Å². The molecular formula is C29H38FN5OS. The van der Waals surface area contributed by atoms with Gasteiger partial charge in [-0.15, -0.1) is 0 Å². The van der Waals surface area contributed by atoms with E-state index in [0.717, 1.165) is 45.4 Å². The predicted molar refractivity (Wildman–Crippen MR) is 152 cm³/mol. The van der Waals surface area contributed by atoms with E-state index in [1.54, 1.807) is 24.2 Å². The molecule has 0 aliphatic carbocycles. The standard InChI is InChI=1S/C29H38FN5OS/c1-19(2)16-21-4-7-24(8-5-21)37-33-12-15-35-13-10-23(11-14-35)32-18-26(31)28-25-17-22(30)6-9-27(25)34-29(28)20(3)36/h4-9,17-19,23,32-34H,10-16,31H2,1-3H3/b26-18-. The van der Waals surface area contributed by atoms with Gasteiger partial charge in [0.25, 0.3) is 0 Å². The second-order valence-corrected chi connectivity index (χ2v) is 11.2. The number of nitrogens with two attached hydrogens (primary N) is 1. The number of hydrogen-bond acceptors (Lipinski definition) is 6. The number of aromatic nitrogens is 1. The molecule has 0 spiro atoms. The molecule has 3 aromatic rings. The fourth-order valence-corrected chi connectivity index (χ4v) is 5.47.